The lowest BCUT2D eigenvalue weighted by Crippen LogP contribution is -2.30. The number of aromatic hydroxyl groups is 1. The molecule has 4 nitrogen and oxygen atoms in total. The monoisotopic (exact) mass is 165 g/mol. The van der Waals surface area contributed by atoms with Crippen molar-refractivity contribution in [2.45, 2.75) is 6.54 Å². The number of phenols is 1. The van der Waals surface area contributed by atoms with Gasteiger partial charge in [-0.1, -0.05) is 0 Å². The molecule has 0 fully saturated rings. The zero-order valence-corrected chi connectivity index (χ0v) is 6.20. The number of hydrogen-bond donors (Lipinski definition) is 2. The Labute approximate surface area is 68.8 Å². The van der Waals surface area contributed by atoms with E-state index in [9.17, 15) is 4.79 Å². The highest BCUT2D eigenvalue weighted by Crippen LogP contribution is 2.25. The van der Waals surface area contributed by atoms with Crippen LogP contribution < -0.4 is 10.1 Å². The Kier molecular flexibility index (Phi) is 1.40. The second-order valence-electron chi connectivity index (χ2n) is 2.54. The first-order valence-electron chi connectivity index (χ1n) is 3.53. The molecule has 1 aromatic carbocycles. The lowest BCUT2D eigenvalue weighted by Gasteiger charge is -2.16. The maximum absolute atomic E-state index is 10.7. The zero-order chi connectivity index (χ0) is 8.55. The van der Waals surface area contributed by atoms with Crippen LogP contribution in [0.2, 0.25) is 0 Å². The van der Waals surface area contributed by atoms with Crippen LogP contribution in [0.15, 0.2) is 18.2 Å². The van der Waals surface area contributed by atoms with E-state index in [0.717, 1.165) is 5.56 Å². The number of fused-ring (bicyclic) bond motifs is 1. The van der Waals surface area contributed by atoms with Gasteiger partial charge in [0.05, 0.1) is 0 Å². The van der Waals surface area contributed by atoms with E-state index < -0.39 is 6.09 Å². The fourth-order valence-corrected chi connectivity index (χ4v) is 1.09. The largest absolute Gasteiger partial charge is 0.508 e. The molecule has 0 saturated carbocycles. The number of nitrogens with one attached hydrogen (secondary N) is 1. The molecule has 1 aliphatic heterocycles. The van der Waals surface area contributed by atoms with Crippen LogP contribution in [0.4, 0.5) is 4.79 Å². The summed E-state index contributed by atoms with van der Waals surface area (Å²) in [6.45, 7) is 0.453. The first kappa shape index (κ1) is 6.97. The molecule has 2 rings (SSSR count). The van der Waals surface area contributed by atoms with Gasteiger partial charge in [0.15, 0.2) is 0 Å². The van der Waals surface area contributed by atoms with Gasteiger partial charge in [-0.3, -0.25) is 0 Å². The summed E-state index contributed by atoms with van der Waals surface area (Å²) in [5.74, 6) is 0.530. The van der Waals surface area contributed by atoms with Gasteiger partial charge in [-0.15, -0.1) is 0 Å². The molecule has 0 unspecified atom stereocenters. The van der Waals surface area contributed by atoms with E-state index in [2.05, 4.69) is 5.32 Å². The fourth-order valence-electron chi connectivity index (χ4n) is 1.09. The summed E-state index contributed by atoms with van der Waals surface area (Å²) in [5, 5.41) is 11.6. The number of rotatable bonds is 0. The van der Waals surface area contributed by atoms with Crippen molar-refractivity contribution in [2.24, 2.45) is 0 Å². The van der Waals surface area contributed by atoms with Crippen molar-refractivity contribution in [1.82, 2.24) is 5.32 Å². The molecule has 0 radical (unpaired) electrons. The average Bonchev–Trinajstić information content (AvgIpc) is 2.03. The molecular formula is C8H7NO3. The predicted octanol–water partition coefficient (Wildman–Crippen LogP) is 0.994. The Morgan fingerprint density at radius 2 is 2.33 bits per heavy atom. The molecule has 1 aliphatic rings. The first-order valence-corrected chi connectivity index (χ1v) is 3.53. The van der Waals surface area contributed by atoms with Gasteiger partial charge in [0.1, 0.15) is 11.5 Å². The number of carbonyl (C=O) groups excluding carboxylic acids is 1. The van der Waals surface area contributed by atoms with Crippen molar-refractivity contribution in [3.63, 3.8) is 0 Å². The van der Waals surface area contributed by atoms with Gasteiger partial charge in [-0.2, -0.15) is 0 Å². The van der Waals surface area contributed by atoms with Crippen molar-refractivity contribution < 1.29 is 14.6 Å². The smallest absolute Gasteiger partial charge is 0.412 e. The molecule has 0 aliphatic carbocycles. The fraction of sp³-hybridized carbons (Fsp3) is 0.125. The second kappa shape index (κ2) is 2.41. The molecule has 4 heteroatoms. The molecule has 0 bridgehead atoms. The molecule has 0 aromatic heterocycles. The Balaban J connectivity index is 2.44. The third kappa shape index (κ3) is 1.07. The van der Waals surface area contributed by atoms with Crippen molar-refractivity contribution in [1.29, 1.82) is 0 Å². The predicted molar refractivity (Wildman–Crippen MR) is 41.0 cm³/mol. The maximum Gasteiger partial charge on any atom is 0.412 e. The molecule has 1 amide bonds. The third-order valence-corrected chi connectivity index (χ3v) is 1.68. The number of carbonyl (C=O) groups is 1. The summed E-state index contributed by atoms with van der Waals surface area (Å²) in [7, 11) is 0. The quantitative estimate of drug-likeness (QED) is 0.602. The number of amides is 1. The number of phenolic OH excluding ortho intramolecular Hbond substituents is 1. The van der Waals surface area contributed by atoms with Gasteiger partial charge < -0.3 is 15.2 Å². The molecular weight excluding hydrogens is 158 g/mol. The SMILES string of the molecule is O=C1NCc2ccc(O)cc2O1. The minimum Gasteiger partial charge on any atom is -0.508 e. The highest BCUT2D eigenvalue weighted by Gasteiger charge is 2.15. The second-order valence-corrected chi connectivity index (χ2v) is 2.54. The van der Waals surface area contributed by atoms with Gasteiger partial charge in [0, 0.05) is 18.2 Å². The molecule has 0 spiro atoms. The highest BCUT2D eigenvalue weighted by molar-refractivity contribution is 5.73. The Bertz CT molecular complexity index is 335. The Morgan fingerprint density at radius 3 is 3.17 bits per heavy atom. The maximum atomic E-state index is 10.7. The van der Waals surface area contributed by atoms with Crippen LogP contribution >= 0.6 is 0 Å². The molecule has 1 heterocycles. The lowest BCUT2D eigenvalue weighted by atomic mass is 10.2. The van der Waals surface area contributed by atoms with Crippen LogP contribution in [0.25, 0.3) is 0 Å². The van der Waals surface area contributed by atoms with Gasteiger partial charge in [0.2, 0.25) is 0 Å². The highest BCUT2D eigenvalue weighted by atomic mass is 16.6. The van der Waals surface area contributed by atoms with E-state index in [1.54, 1.807) is 12.1 Å². The molecule has 2 N–H and O–H groups in total. The van der Waals surface area contributed by atoms with Crippen molar-refractivity contribution >= 4 is 6.09 Å². The van der Waals surface area contributed by atoms with Crippen molar-refractivity contribution in [3.05, 3.63) is 23.8 Å². The summed E-state index contributed by atoms with van der Waals surface area (Å²) in [5.41, 5.74) is 0.868. The first-order chi connectivity index (χ1) is 5.75. The number of benzene rings is 1. The van der Waals surface area contributed by atoms with Crippen LogP contribution in [-0.2, 0) is 6.54 Å². The summed E-state index contributed by atoms with van der Waals surface area (Å²) >= 11 is 0. The molecule has 0 atom stereocenters. The average molecular weight is 165 g/mol. The molecule has 12 heavy (non-hydrogen) atoms. The third-order valence-electron chi connectivity index (χ3n) is 1.68. The van der Waals surface area contributed by atoms with Crippen LogP contribution in [0.1, 0.15) is 5.56 Å². The Hall–Kier alpha value is -1.71. The van der Waals surface area contributed by atoms with Gasteiger partial charge in [0.25, 0.3) is 0 Å². The zero-order valence-electron chi connectivity index (χ0n) is 6.20. The standard InChI is InChI=1S/C8H7NO3/c10-6-2-1-5-4-9-8(11)12-7(5)3-6/h1-3,10H,4H2,(H,9,11). The number of ether oxygens (including phenoxy) is 1. The van der Waals surface area contributed by atoms with E-state index >= 15 is 0 Å². The topological polar surface area (TPSA) is 58.6 Å². The van der Waals surface area contributed by atoms with Gasteiger partial charge in [-0.25, -0.2) is 4.79 Å². The van der Waals surface area contributed by atoms with Crippen molar-refractivity contribution in [2.75, 3.05) is 0 Å². The summed E-state index contributed by atoms with van der Waals surface area (Å²) < 4.78 is 4.80. The van der Waals surface area contributed by atoms with Crippen LogP contribution in [0.3, 0.4) is 0 Å². The normalized spacial score (nSPS) is 14.5. The summed E-state index contributed by atoms with van der Waals surface area (Å²) in [6, 6.07) is 4.69. The van der Waals surface area contributed by atoms with Gasteiger partial charge in [-0.05, 0) is 12.1 Å². The van der Waals surface area contributed by atoms with E-state index in [-0.39, 0.29) is 5.75 Å². The van der Waals surface area contributed by atoms with E-state index in [1.807, 2.05) is 0 Å². The summed E-state index contributed by atoms with van der Waals surface area (Å²) in [4.78, 5) is 10.7. The van der Waals surface area contributed by atoms with E-state index in [0.29, 0.717) is 12.3 Å². The van der Waals surface area contributed by atoms with Crippen LogP contribution in [0, 0.1) is 0 Å². The van der Waals surface area contributed by atoms with E-state index in [4.69, 9.17) is 9.84 Å². The van der Waals surface area contributed by atoms with Crippen LogP contribution in [-0.4, -0.2) is 11.2 Å². The molecule has 0 saturated heterocycles. The molecule has 1 aromatic rings. The lowest BCUT2D eigenvalue weighted by molar-refractivity contribution is 0.194. The van der Waals surface area contributed by atoms with E-state index in [1.165, 1.54) is 6.07 Å². The Morgan fingerprint density at radius 1 is 1.50 bits per heavy atom. The summed E-state index contributed by atoms with van der Waals surface area (Å²) in [6.07, 6.45) is -0.479. The minimum absolute atomic E-state index is 0.100. The van der Waals surface area contributed by atoms with Gasteiger partial charge >= 0.3 is 6.09 Å². The van der Waals surface area contributed by atoms with Crippen molar-refractivity contribution in [3.8, 4) is 11.5 Å². The minimum atomic E-state index is -0.479. The van der Waals surface area contributed by atoms with Crippen LogP contribution in [0.5, 0.6) is 11.5 Å². The molecule has 62 valence electrons. The number of hydrogen-bond acceptors (Lipinski definition) is 3.